The molecule has 29 heavy (non-hydrogen) atoms. The minimum atomic E-state index is -1.20. The predicted molar refractivity (Wildman–Crippen MR) is 105 cm³/mol. The molecule has 3 unspecified atom stereocenters. The number of phenolic OH excluding ortho intramolecular Hbond substituents is 1. The summed E-state index contributed by atoms with van der Waals surface area (Å²) >= 11 is 0. The molecule has 0 saturated heterocycles. The van der Waals surface area contributed by atoms with E-state index in [9.17, 15) is 24.3 Å². The van der Waals surface area contributed by atoms with Gasteiger partial charge < -0.3 is 31.9 Å². The molecule has 10 heteroatoms. The van der Waals surface area contributed by atoms with Crippen molar-refractivity contribution >= 4 is 23.7 Å². The lowest BCUT2D eigenvalue weighted by Crippen LogP contribution is -2.55. The smallest absolute Gasteiger partial charge is 0.325 e. The Balaban J connectivity index is 2.81. The molecule has 0 spiro atoms. The zero-order chi connectivity index (χ0) is 22.1. The van der Waals surface area contributed by atoms with Gasteiger partial charge in [-0.3, -0.25) is 19.2 Å². The van der Waals surface area contributed by atoms with Gasteiger partial charge in [0.05, 0.1) is 12.6 Å². The summed E-state index contributed by atoms with van der Waals surface area (Å²) in [5.41, 5.74) is 6.50. The van der Waals surface area contributed by atoms with Crippen LogP contribution in [0, 0.1) is 5.92 Å². The van der Waals surface area contributed by atoms with E-state index in [1.54, 1.807) is 26.0 Å². The normalized spacial score (nSPS) is 13.8. The topological polar surface area (TPSA) is 171 Å². The molecular formula is C19H28N4O6. The van der Waals surface area contributed by atoms with Gasteiger partial charge in [-0.1, -0.05) is 26.0 Å². The van der Waals surface area contributed by atoms with Crippen LogP contribution in [0.3, 0.4) is 0 Å². The number of hydrogen-bond acceptors (Lipinski definition) is 6. The molecule has 1 aromatic carbocycles. The fraction of sp³-hybridized carbons (Fsp3) is 0.474. The molecule has 7 N–H and O–H groups in total. The third-order valence-corrected chi connectivity index (χ3v) is 4.20. The number of nitrogens with two attached hydrogens (primary N) is 1. The van der Waals surface area contributed by atoms with Crippen molar-refractivity contribution in [3.05, 3.63) is 29.8 Å². The first kappa shape index (κ1) is 23.9. The van der Waals surface area contributed by atoms with E-state index in [0.29, 0.717) is 5.56 Å². The first-order chi connectivity index (χ1) is 13.5. The van der Waals surface area contributed by atoms with Gasteiger partial charge >= 0.3 is 5.97 Å². The molecule has 0 heterocycles. The fourth-order valence-electron chi connectivity index (χ4n) is 2.29. The Morgan fingerprint density at radius 2 is 1.59 bits per heavy atom. The maximum atomic E-state index is 12.6. The molecule has 3 amide bonds. The summed E-state index contributed by atoms with van der Waals surface area (Å²) in [4.78, 5) is 47.4. The standard InChI is InChI=1S/C19H28N4O6/c1-10(2)16(20)18(27)23-14(8-12-4-6-13(24)7-5-12)17(26)21-9-15(25)22-11(3)19(28)29/h4-7,10-11,14,16,24H,8-9,20H2,1-3H3,(H,21,26)(H,22,25)(H,23,27)(H,28,29). The van der Waals surface area contributed by atoms with Crippen LogP contribution in [0.1, 0.15) is 26.3 Å². The molecule has 0 fully saturated rings. The van der Waals surface area contributed by atoms with Crippen LogP contribution in [0.15, 0.2) is 24.3 Å². The molecule has 0 saturated carbocycles. The summed E-state index contributed by atoms with van der Waals surface area (Å²) in [6.07, 6.45) is 0.107. The van der Waals surface area contributed by atoms with Gasteiger partial charge in [-0.15, -0.1) is 0 Å². The number of phenols is 1. The number of hydrogen-bond donors (Lipinski definition) is 6. The molecule has 0 bridgehead atoms. The number of aliphatic carboxylic acids is 1. The largest absolute Gasteiger partial charge is 0.508 e. The van der Waals surface area contributed by atoms with Gasteiger partial charge in [0.2, 0.25) is 17.7 Å². The predicted octanol–water partition coefficient (Wildman–Crippen LogP) is -0.892. The summed E-state index contributed by atoms with van der Waals surface area (Å²) in [6.45, 7) is 4.39. The molecule has 10 nitrogen and oxygen atoms in total. The Kier molecular flexibility index (Phi) is 9.07. The minimum Gasteiger partial charge on any atom is -0.508 e. The number of carboxylic acid groups (broad SMARTS) is 1. The second-order valence-corrected chi connectivity index (χ2v) is 7.05. The van der Waals surface area contributed by atoms with Gasteiger partial charge in [-0.2, -0.15) is 0 Å². The first-order valence-electron chi connectivity index (χ1n) is 9.15. The number of carbonyl (C=O) groups is 4. The van der Waals surface area contributed by atoms with Gasteiger partial charge in [-0.05, 0) is 30.5 Å². The van der Waals surface area contributed by atoms with E-state index < -0.39 is 48.4 Å². The minimum absolute atomic E-state index is 0.0600. The lowest BCUT2D eigenvalue weighted by Gasteiger charge is -2.22. The van der Waals surface area contributed by atoms with Gasteiger partial charge in [0.15, 0.2) is 0 Å². The quantitative estimate of drug-likeness (QED) is 0.291. The van der Waals surface area contributed by atoms with Gasteiger partial charge in [0.1, 0.15) is 17.8 Å². The summed E-state index contributed by atoms with van der Waals surface area (Å²) in [5, 5.41) is 25.4. The average Bonchev–Trinajstić information content (AvgIpc) is 2.66. The fourth-order valence-corrected chi connectivity index (χ4v) is 2.29. The molecule has 0 radical (unpaired) electrons. The number of carbonyl (C=O) groups excluding carboxylic acids is 3. The van der Waals surface area contributed by atoms with Crippen molar-refractivity contribution in [3.8, 4) is 5.75 Å². The van der Waals surface area contributed by atoms with Crippen LogP contribution in [-0.2, 0) is 25.6 Å². The molecule has 0 aliphatic heterocycles. The zero-order valence-electron chi connectivity index (χ0n) is 16.6. The van der Waals surface area contributed by atoms with E-state index in [0.717, 1.165) is 0 Å². The van der Waals surface area contributed by atoms with Gasteiger partial charge in [-0.25, -0.2) is 0 Å². The van der Waals surface area contributed by atoms with E-state index >= 15 is 0 Å². The SMILES string of the molecule is CC(NC(=O)CNC(=O)C(Cc1ccc(O)cc1)NC(=O)C(N)C(C)C)C(=O)O. The lowest BCUT2D eigenvalue weighted by molar-refractivity contribution is -0.141. The van der Waals surface area contributed by atoms with E-state index in [1.807, 2.05) is 0 Å². The maximum Gasteiger partial charge on any atom is 0.325 e. The molecule has 1 rings (SSSR count). The highest BCUT2D eigenvalue weighted by Gasteiger charge is 2.26. The Hall–Kier alpha value is -3.14. The molecule has 1 aromatic rings. The Labute approximate surface area is 168 Å². The highest BCUT2D eigenvalue weighted by Crippen LogP contribution is 2.12. The Morgan fingerprint density at radius 3 is 2.10 bits per heavy atom. The van der Waals surface area contributed by atoms with Crippen molar-refractivity contribution in [2.24, 2.45) is 11.7 Å². The van der Waals surface area contributed by atoms with Crippen molar-refractivity contribution < 1.29 is 29.4 Å². The molecule has 0 aromatic heterocycles. The lowest BCUT2D eigenvalue weighted by atomic mass is 10.0. The Morgan fingerprint density at radius 1 is 1.00 bits per heavy atom. The van der Waals surface area contributed by atoms with Crippen molar-refractivity contribution in [2.45, 2.75) is 45.3 Å². The van der Waals surface area contributed by atoms with Crippen LogP contribution in [0.2, 0.25) is 0 Å². The van der Waals surface area contributed by atoms with E-state index in [-0.39, 0.29) is 18.1 Å². The van der Waals surface area contributed by atoms with E-state index in [2.05, 4.69) is 16.0 Å². The van der Waals surface area contributed by atoms with Crippen molar-refractivity contribution in [1.82, 2.24) is 16.0 Å². The maximum absolute atomic E-state index is 12.6. The van der Waals surface area contributed by atoms with Crippen LogP contribution in [-0.4, -0.2) is 58.6 Å². The number of carboxylic acids is 1. The number of nitrogens with one attached hydrogen (secondary N) is 3. The number of amides is 3. The zero-order valence-corrected chi connectivity index (χ0v) is 16.6. The number of rotatable bonds is 10. The first-order valence-corrected chi connectivity index (χ1v) is 9.15. The molecule has 0 aliphatic carbocycles. The molecule has 0 aliphatic rings. The third kappa shape index (κ3) is 8.18. The van der Waals surface area contributed by atoms with Crippen LogP contribution in [0.25, 0.3) is 0 Å². The summed E-state index contributed by atoms with van der Waals surface area (Å²) in [7, 11) is 0. The van der Waals surface area contributed by atoms with Crippen molar-refractivity contribution in [1.29, 1.82) is 0 Å². The molecule has 160 valence electrons. The third-order valence-electron chi connectivity index (χ3n) is 4.20. The van der Waals surface area contributed by atoms with Gasteiger partial charge in [0, 0.05) is 6.42 Å². The van der Waals surface area contributed by atoms with Crippen LogP contribution >= 0.6 is 0 Å². The average molecular weight is 408 g/mol. The van der Waals surface area contributed by atoms with Crippen LogP contribution < -0.4 is 21.7 Å². The van der Waals surface area contributed by atoms with E-state index in [1.165, 1.54) is 19.1 Å². The second kappa shape index (κ2) is 11.0. The Bertz CT molecular complexity index is 735. The van der Waals surface area contributed by atoms with E-state index in [4.69, 9.17) is 10.8 Å². The molecular weight excluding hydrogens is 380 g/mol. The second-order valence-electron chi connectivity index (χ2n) is 7.05. The highest BCUT2D eigenvalue weighted by atomic mass is 16.4. The van der Waals surface area contributed by atoms with Crippen molar-refractivity contribution in [3.63, 3.8) is 0 Å². The summed E-state index contributed by atoms with van der Waals surface area (Å²) < 4.78 is 0. The van der Waals surface area contributed by atoms with Crippen LogP contribution in [0.4, 0.5) is 0 Å². The number of benzene rings is 1. The summed E-state index contributed by atoms with van der Waals surface area (Å²) in [6, 6.07) is 3.18. The van der Waals surface area contributed by atoms with Gasteiger partial charge in [0.25, 0.3) is 0 Å². The monoisotopic (exact) mass is 408 g/mol. The van der Waals surface area contributed by atoms with Crippen LogP contribution in [0.5, 0.6) is 5.75 Å². The van der Waals surface area contributed by atoms with Crippen molar-refractivity contribution in [2.75, 3.05) is 6.54 Å². The molecule has 3 atom stereocenters. The highest BCUT2D eigenvalue weighted by molar-refractivity contribution is 5.92. The number of aromatic hydroxyl groups is 1. The summed E-state index contributed by atoms with van der Waals surface area (Å²) in [5.74, 6) is -3.10.